The first-order valence-corrected chi connectivity index (χ1v) is 29.4. The van der Waals surface area contributed by atoms with Crippen molar-refractivity contribution >= 4 is 13.7 Å². The highest BCUT2D eigenvalue weighted by molar-refractivity contribution is 7.47. The third-order valence-electron chi connectivity index (χ3n) is 13.1. The summed E-state index contributed by atoms with van der Waals surface area (Å²) in [4.78, 5) is 23.3. The molecule has 0 aromatic rings. The molecule has 63 heavy (non-hydrogen) atoms. The number of nitrogens with one attached hydrogen (secondary N) is 1. The highest BCUT2D eigenvalue weighted by Crippen LogP contribution is 2.43. The van der Waals surface area contributed by atoms with Crippen LogP contribution in [0.25, 0.3) is 0 Å². The van der Waals surface area contributed by atoms with Crippen LogP contribution in [0.4, 0.5) is 0 Å². The molecule has 0 spiro atoms. The van der Waals surface area contributed by atoms with E-state index in [-0.39, 0.29) is 19.1 Å². The van der Waals surface area contributed by atoms with Crippen molar-refractivity contribution in [3.63, 3.8) is 0 Å². The minimum atomic E-state index is -4.31. The molecule has 0 aliphatic rings. The molecule has 1 amide bonds. The van der Waals surface area contributed by atoms with Crippen LogP contribution in [0.5, 0.6) is 0 Å². The lowest BCUT2D eigenvalue weighted by Crippen LogP contribution is -2.46. The second-order valence-electron chi connectivity index (χ2n) is 20.7. The van der Waals surface area contributed by atoms with E-state index in [1.165, 1.54) is 225 Å². The SMILES string of the molecule is CCCCCCCCCCCCCCCCCCCCCCCCCCC(=O)NC(COP(=O)(O)OCC[N+](C)(C)C)C(O)CCCCCCCCCCCCCCCCCCC. The second kappa shape index (κ2) is 46.6. The van der Waals surface area contributed by atoms with Gasteiger partial charge in [0.2, 0.25) is 5.91 Å². The van der Waals surface area contributed by atoms with Gasteiger partial charge in [-0.1, -0.05) is 271 Å². The van der Waals surface area contributed by atoms with Crippen molar-refractivity contribution in [3.8, 4) is 0 Å². The number of carbonyl (C=O) groups is 1. The first kappa shape index (κ1) is 62.5. The lowest BCUT2D eigenvalue weighted by molar-refractivity contribution is -0.870. The Morgan fingerprint density at radius 1 is 0.476 bits per heavy atom. The van der Waals surface area contributed by atoms with E-state index in [9.17, 15) is 19.4 Å². The molecule has 0 aliphatic heterocycles. The van der Waals surface area contributed by atoms with Gasteiger partial charge < -0.3 is 19.8 Å². The molecule has 0 aliphatic carbocycles. The van der Waals surface area contributed by atoms with Crippen molar-refractivity contribution in [2.75, 3.05) is 40.9 Å². The highest BCUT2D eigenvalue weighted by atomic mass is 31.2. The van der Waals surface area contributed by atoms with Gasteiger partial charge in [-0.3, -0.25) is 13.8 Å². The summed E-state index contributed by atoms with van der Waals surface area (Å²) in [5, 5.41) is 14.1. The van der Waals surface area contributed by atoms with Gasteiger partial charge in [-0.15, -0.1) is 0 Å². The van der Waals surface area contributed by atoms with Crippen LogP contribution in [0.15, 0.2) is 0 Å². The summed E-state index contributed by atoms with van der Waals surface area (Å²) >= 11 is 0. The van der Waals surface area contributed by atoms with Gasteiger partial charge in [0.1, 0.15) is 13.2 Å². The number of aliphatic hydroxyl groups excluding tert-OH is 1. The van der Waals surface area contributed by atoms with Crippen molar-refractivity contribution in [1.82, 2.24) is 5.32 Å². The predicted molar refractivity (Wildman–Crippen MR) is 272 cm³/mol. The van der Waals surface area contributed by atoms with Gasteiger partial charge in [-0.2, -0.15) is 0 Å². The van der Waals surface area contributed by atoms with Crippen LogP contribution in [0.1, 0.15) is 290 Å². The number of amides is 1. The number of hydrogen-bond donors (Lipinski definition) is 3. The van der Waals surface area contributed by atoms with Crippen LogP contribution >= 0.6 is 7.82 Å². The predicted octanol–water partition coefficient (Wildman–Crippen LogP) is 16.5. The fourth-order valence-electron chi connectivity index (χ4n) is 8.70. The van der Waals surface area contributed by atoms with Crippen molar-refractivity contribution in [1.29, 1.82) is 0 Å². The monoisotopic (exact) mass is 916 g/mol. The van der Waals surface area contributed by atoms with Gasteiger partial charge in [0.25, 0.3) is 0 Å². The van der Waals surface area contributed by atoms with E-state index in [1.54, 1.807) is 0 Å². The topological polar surface area (TPSA) is 105 Å². The minimum Gasteiger partial charge on any atom is -0.391 e. The maximum absolute atomic E-state index is 13.0. The van der Waals surface area contributed by atoms with E-state index in [0.717, 1.165) is 38.5 Å². The Hall–Kier alpha value is -0.500. The second-order valence-corrected chi connectivity index (χ2v) is 22.1. The van der Waals surface area contributed by atoms with E-state index in [1.807, 2.05) is 21.1 Å². The zero-order valence-electron chi connectivity index (χ0n) is 43.1. The number of phosphoric ester groups is 1. The summed E-state index contributed by atoms with van der Waals surface area (Å²) in [7, 11) is 1.63. The Bertz CT molecular complexity index is 994. The first-order chi connectivity index (χ1) is 30.5. The molecule has 0 aromatic carbocycles. The summed E-state index contributed by atoms with van der Waals surface area (Å²) in [6.45, 7) is 4.94. The standard InChI is InChI=1S/C54H111N2O6P/c1-6-8-10-12-14-16-18-20-22-24-25-26-27-28-29-30-32-34-36-38-40-42-44-46-48-54(58)55-52(51-62-63(59,60)61-50-49-56(3,4)5)53(57)47-45-43-41-39-37-35-33-31-23-21-19-17-15-13-11-9-7-2/h52-53,57H,6-51H2,1-5H3,(H-,55,58,59,60)/p+1. The lowest BCUT2D eigenvalue weighted by atomic mass is 10.0. The maximum atomic E-state index is 13.0. The number of rotatable bonds is 52. The minimum absolute atomic E-state index is 0.0790. The summed E-state index contributed by atoms with van der Waals surface area (Å²) < 4.78 is 23.8. The number of phosphoric acid groups is 1. The fraction of sp³-hybridized carbons (Fsp3) is 0.981. The van der Waals surface area contributed by atoms with Crippen LogP contribution in [0.3, 0.4) is 0 Å². The molecular weight excluding hydrogens is 804 g/mol. The van der Waals surface area contributed by atoms with E-state index in [4.69, 9.17) is 9.05 Å². The Balaban J connectivity index is 4.12. The lowest BCUT2D eigenvalue weighted by Gasteiger charge is -2.26. The summed E-state index contributed by atoms with van der Waals surface area (Å²) in [6, 6.07) is -0.754. The Morgan fingerprint density at radius 2 is 0.762 bits per heavy atom. The number of carbonyl (C=O) groups excluding carboxylic acids is 1. The van der Waals surface area contributed by atoms with Gasteiger partial charge in [0.05, 0.1) is 39.9 Å². The molecule has 0 heterocycles. The molecule has 0 bridgehead atoms. The fourth-order valence-corrected chi connectivity index (χ4v) is 9.43. The zero-order chi connectivity index (χ0) is 46.4. The zero-order valence-corrected chi connectivity index (χ0v) is 44.0. The van der Waals surface area contributed by atoms with E-state index >= 15 is 0 Å². The van der Waals surface area contributed by atoms with E-state index < -0.39 is 20.0 Å². The Labute approximate surface area is 393 Å². The molecule has 0 rings (SSSR count). The number of hydrogen-bond acceptors (Lipinski definition) is 5. The number of quaternary nitrogens is 1. The van der Waals surface area contributed by atoms with Crippen molar-refractivity contribution in [2.24, 2.45) is 0 Å². The van der Waals surface area contributed by atoms with Crippen LogP contribution < -0.4 is 5.32 Å². The summed E-state index contributed by atoms with van der Waals surface area (Å²) in [5.74, 6) is -0.136. The highest BCUT2D eigenvalue weighted by Gasteiger charge is 2.28. The molecule has 3 unspecified atom stereocenters. The van der Waals surface area contributed by atoms with Crippen LogP contribution in [0, 0.1) is 0 Å². The van der Waals surface area contributed by atoms with E-state index in [0.29, 0.717) is 23.9 Å². The number of likely N-dealkylation sites (N-methyl/N-ethyl adjacent to an activating group) is 1. The van der Waals surface area contributed by atoms with Crippen LogP contribution in [-0.2, 0) is 18.4 Å². The van der Waals surface area contributed by atoms with Crippen LogP contribution in [0.2, 0.25) is 0 Å². The molecule has 0 saturated carbocycles. The maximum Gasteiger partial charge on any atom is 0.472 e. The van der Waals surface area contributed by atoms with Crippen molar-refractivity contribution < 1.29 is 32.9 Å². The molecular formula is C54H112N2O6P+. The smallest absolute Gasteiger partial charge is 0.391 e. The normalized spacial score (nSPS) is 14.0. The van der Waals surface area contributed by atoms with Gasteiger partial charge >= 0.3 is 7.82 Å². The molecule has 3 atom stereocenters. The largest absolute Gasteiger partial charge is 0.472 e. The average molecular weight is 916 g/mol. The molecule has 0 radical (unpaired) electrons. The molecule has 8 nitrogen and oxygen atoms in total. The first-order valence-electron chi connectivity index (χ1n) is 27.9. The summed E-state index contributed by atoms with van der Waals surface area (Å²) in [6.07, 6.45) is 54.3. The number of nitrogens with zero attached hydrogens (tertiary/aromatic N) is 1. The third kappa shape index (κ3) is 49.2. The summed E-state index contributed by atoms with van der Waals surface area (Å²) in [5.41, 5.74) is 0. The molecule has 0 aromatic heterocycles. The van der Waals surface area contributed by atoms with Gasteiger partial charge in [-0.05, 0) is 12.8 Å². The molecule has 378 valence electrons. The Morgan fingerprint density at radius 3 is 1.06 bits per heavy atom. The Kier molecular flexibility index (Phi) is 46.2. The van der Waals surface area contributed by atoms with Crippen molar-refractivity contribution in [2.45, 2.75) is 302 Å². The van der Waals surface area contributed by atoms with Gasteiger partial charge in [-0.25, -0.2) is 4.57 Å². The molecule has 0 fully saturated rings. The quantitative estimate of drug-likeness (QED) is 0.0319. The average Bonchev–Trinajstić information content (AvgIpc) is 3.24. The molecule has 9 heteroatoms. The van der Waals surface area contributed by atoms with Crippen molar-refractivity contribution in [3.05, 3.63) is 0 Å². The van der Waals surface area contributed by atoms with Gasteiger partial charge in [0, 0.05) is 6.42 Å². The third-order valence-corrected chi connectivity index (χ3v) is 14.1. The van der Waals surface area contributed by atoms with E-state index in [2.05, 4.69) is 19.2 Å². The van der Waals surface area contributed by atoms with Crippen LogP contribution in [-0.4, -0.2) is 73.4 Å². The van der Waals surface area contributed by atoms with Gasteiger partial charge in [0.15, 0.2) is 0 Å². The number of unbranched alkanes of at least 4 members (excludes halogenated alkanes) is 39. The number of aliphatic hydroxyl groups is 1. The molecule has 0 saturated heterocycles. The molecule has 3 N–H and O–H groups in total.